The second kappa shape index (κ2) is 10.4. The van der Waals surface area contributed by atoms with E-state index in [9.17, 15) is 23.8 Å². The first-order chi connectivity index (χ1) is 18.4. The smallest absolute Gasteiger partial charge is 0.256 e. The summed E-state index contributed by atoms with van der Waals surface area (Å²) in [7, 11) is 0. The topological polar surface area (TPSA) is 100 Å². The highest BCUT2D eigenvalue weighted by molar-refractivity contribution is 5.92. The van der Waals surface area contributed by atoms with Crippen LogP contribution in [0, 0.1) is 17.5 Å². The van der Waals surface area contributed by atoms with Crippen LogP contribution < -0.4 is 10.9 Å². The van der Waals surface area contributed by atoms with E-state index in [0.717, 1.165) is 16.7 Å². The summed E-state index contributed by atoms with van der Waals surface area (Å²) in [4.78, 5) is 21.7. The molecular formula is C28H21F3N4O3. The summed E-state index contributed by atoms with van der Waals surface area (Å²) >= 11 is 0. The van der Waals surface area contributed by atoms with E-state index in [1.807, 2.05) is 6.07 Å². The van der Waals surface area contributed by atoms with Gasteiger partial charge in [-0.1, -0.05) is 42.5 Å². The molecule has 5 rings (SSSR count). The van der Waals surface area contributed by atoms with Crippen molar-refractivity contribution in [3.05, 3.63) is 107 Å². The molecule has 3 N–H and O–H groups in total. The molecule has 7 nitrogen and oxygen atoms in total. The van der Waals surface area contributed by atoms with E-state index < -0.39 is 42.3 Å². The molecule has 3 aromatic carbocycles. The van der Waals surface area contributed by atoms with Gasteiger partial charge in [0.05, 0.1) is 30.6 Å². The van der Waals surface area contributed by atoms with Gasteiger partial charge in [-0.15, -0.1) is 0 Å². The normalized spacial score (nSPS) is 11.3. The molecule has 0 aliphatic carbocycles. The summed E-state index contributed by atoms with van der Waals surface area (Å²) in [5, 5.41) is 22.1. The van der Waals surface area contributed by atoms with Gasteiger partial charge in [0.1, 0.15) is 17.5 Å². The number of rotatable bonds is 7. The molecule has 0 aliphatic rings. The SMILES string of the molecule is O=c1ccc2c(-c3ccc(-c4ccccc4)c(F)c3)nc(NC(CO)CO)nc2n1-c1ccc(F)cc1F. The van der Waals surface area contributed by atoms with E-state index in [-0.39, 0.29) is 28.4 Å². The number of hydrogen-bond acceptors (Lipinski definition) is 6. The molecule has 38 heavy (non-hydrogen) atoms. The van der Waals surface area contributed by atoms with Crippen LogP contribution in [0.5, 0.6) is 0 Å². The van der Waals surface area contributed by atoms with Gasteiger partial charge in [0, 0.05) is 28.6 Å². The number of pyridine rings is 1. The summed E-state index contributed by atoms with van der Waals surface area (Å²) in [5.41, 5.74) is 0.665. The van der Waals surface area contributed by atoms with Crippen LogP contribution in [0.2, 0.25) is 0 Å². The molecule has 2 aromatic heterocycles. The Labute approximate surface area is 214 Å². The van der Waals surface area contributed by atoms with Gasteiger partial charge in [0.25, 0.3) is 5.56 Å². The molecule has 2 heterocycles. The zero-order valence-electron chi connectivity index (χ0n) is 19.8. The molecule has 0 atom stereocenters. The minimum atomic E-state index is -0.990. The Morgan fingerprint density at radius 1 is 0.816 bits per heavy atom. The van der Waals surface area contributed by atoms with Crippen LogP contribution in [-0.2, 0) is 0 Å². The Morgan fingerprint density at radius 2 is 1.58 bits per heavy atom. The van der Waals surface area contributed by atoms with E-state index in [2.05, 4.69) is 15.3 Å². The lowest BCUT2D eigenvalue weighted by molar-refractivity contribution is 0.203. The number of halogens is 3. The maximum Gasteiger partial charge on any atom is 0.256 e. The van der Waals surface area contributed by atoms with Crippen molar-refractivity contribution in [2.75, 3.05) is 18.5 Å². The number of aliphatic hydroxyl groups excluding tert-OH is 2. The third-order valence-corrected chi connectivity index (χ3v) is 6.00. The number of anilines is 1. The second-order valence-corrected chi connectivity index (χ2v) is 8.50. The van der Waals surface area contributed by atoms with Crippen molar-refractivity contribution in [2.24, 2.45) is 0 Å². The predicted octanol–water partition coefficient (Wildman–Crippen LogP) is 4.30. The number of aliphatic hydroxyl groups is 2. The molecule has 0 radical (unpaired) electrons. The molecular weight excluding hydrogens is 497 g/mol. The Kier molecular flexibility index (Phi) is 6.91. The molecule has 0 saturated heterocycles. The highest BCUT2D eigenvalue weighted by Gasteiger charge is 2.19. The summed E-state index contributed by atoms with van der Waals surface area (Å²) in [6, 6.07) is 18.1. The first kappa shape index (κ1) is 25.1. The van der Waals surface area contributed by atoms with E-state index in [1.165, 1.54) is 18.2 Å². The highest BCUT2D eigenvalue weighted by Crippen LogP contribution is 2.32. The number of hydrogen-bond donors (Lipinski definition) is 3. The van der Waals surface area contributed by atoms with Crippen molar-refractivity contribution in [3.8, 4) is 28.1 Å². The predicted molar refractivity (Wildman–Crippen MR) is 137 cm³/mol. The summed E-state index contributed by atoms with van der Waals surface area (Å²) in [6.45, 7) is -0.913. The van der Waals surface area contributed by atoms with E-state index in [0.29, 0.717) is 22.8 Å². The largest absolute Gasteiger partial charge is 0.394 e. The van der Waals surface area contributed by atoms with Crippen LogP contribution in [-0.4, -0.2) is 44.0 Å². The minimum Gasteiger partial charge on any atom is -0.394 e. The van der Waals surface area contributed by atoms with Gasteiger partial charge in [-0.25, -0.2) is 18.2 Å². The van der Waals surface area contributed by atoms with Gasteiger partial charge in [-0.2, -0.15) is 4.98 Å². The van der Waals surface area contributed by atoms with Gasteiger partial charge in [0.15, 0.2) is 5.65 Å². The average molecular weight is 518 g/mol. The number of fused-ring (bicyclic) bond motifs is 1. The van der Waals surface area contributed by atoms with Crippen LogP contribution >= 0.6 is 0 Å². The summed E-state index contributed by atoms with van der Waals surface area (Å²) in [5.74, 6) is -2.43. The molecule has 0 unspecified atom stereocenters. The second-order valence-electron chi connectivity index (χ2n) is 8.50. The lowest BCUT2D eigenvalue weighted by Crippen LogP contribution is -2.29. The fraction of sp³-hybridized carbons (Fsp3) is 0.107. The zero-order valence-corrected chi connectivity index (χ0v) is 19.8. The van der Waals surface area contributed by atoms with Gasteiger partial charge in [-0.3, -0.25) is 9.36 Å². The van der Waals surface area contributed by atoms with Gasteiger partial charge in [-0.05, 0) is 29.8 Å². The van der Waals surface area contributed by atoms with Crippen LogP contribution in [0.15, 0.2) is 83.7 Å². The minimum absolute atomic E-state index is 0.0438. The first-order valence-electron chi connectivity index (χ1n) is 11.6. The summed E-state index contributed by atoms with van der Waals surface area (Å²) < 4.78 is 44.6. The number of nitrogens with one attached hydrogen (secondary N) is 1. The summed E-state index contributed by atoms with van der Waals surface area (Å²) in [6.07, 6.45) is 0. The Bertz CT molecular complexity index is 1690. The fourth-order valence-electron chi connectivity index (χ4n) is 4.14. The van der Waals surface area contributed by atoms with Crippen LogP contribution in [0.4, 0.5) is 19.1 Å². The van der Waals surface area contributed by atoms with Crippen molar-refractivity contribution >= 4 is 17.0 Å². The fourth-order valence-corrected chi connectivity index (χ4v) is 4.14. The molecule has 0 spiro atoms. The zero-order chi connectivity index (χ0) is 26.8. The van der Waals surface area contributed by atoms with Gasteiger partial charge in [0.2, 0.25) is 5.95 Å². The quantitative estimate of drug-likeness (QED) is 0.297. The molecule has 5 aromatic rings. The van der Waals surface area contributed by atoms with Crippen molar-refractivity contribution in [2.45, 2.75) is 6.04 Å². The highest BCUT2D eigenvalue weighted by atomic mass is 19.1. The van der Waals surface area contributed by atoms with Crippen LogP contribution in [0.25, 0.3) is 39.1 Å². The lowest BCUT2D eigenvalue weighted by atomic mass is 10.0. The maximum atomic E-state index is 15.3. The molecule has 0 aliphatic heterocycles. The van der Waals surface area contributed by atoms with Crippen molar-refractivity contribution in [3.63, 3.8) is 0 Å². The molecule has 0 bridgehead atoms. The maximum absolute atomic E-state index is 15.3. The first-order valence-corrected chi connectivity index (χ1v) is 11.6. The van der Waals surface area contributed by atoms with Gasteiger partial charge >= 0.3 is 0 Å². The van der Waals surface area contributed by atoms with E-state index >= 15 is 4.39 Å². The number of nitrogens with zero attached hydrogens (tertiary/aromatic N) is 3. The molecule has 0 fully saturated rings. The standard InChI is InChI=1S/C28H21F3N4O3/c29-18-7-10-24(23(31)13-18)35-25(38)11-9-21-26(33-28(34-27(21)35)32-19(14-36)15-37)17-6-8-20(22(30)12-17)16-4-2-1-3-5-16/h1-13,19,36-37H,14-15H2,(H,32,33,34). The third kappa shape index (κ3) is 4.74. The molecule has 0 saturated carbocycles. The van der Waals surface area contributed by atoms with Crippen LogP contribution in [0.3, 0.4) is 0 Å². The Hall–Kier alpha value is -4.54. The lowest BCUT2D eigenvalue weighted by Gasteiger charge is -2.17. The molecule has 192 valence electrons. The Balaban J connectivity index is 1.76. The van der Waals surface area contributed by atoms with Crippen molar-refractivity contribution < 1.29 is 23.4 Å². The van der Waals surface area contributed by atoms with E-state index in [4.69, 9.17) is 0 Å². The molecule has 10 heteroatoms. The number of benzene rings is 3. The molecule has 0 amide bonds. The van der Waals surface area contributed by atoms with Crippen molar-refractivity contribution in [1.29, 1.82) is 0 Å². The third-order valence-electron chi connectivity index (χ3n) is 6.00. The number of aromatic nitrogens is 3. The van der Waals surface area contributed by atoms with Crippen LogP contribution in [0.1, 0.15) is 0 Å². The average Bonchev–Trinajstić information content (AvgIpc) is 2.92. The van der Waals surface area contributed by atoms with E-state index in [1.54, 1.807) is 36.4 Å². The Morgan fingerprint density at radius 3 is 2.26 bits per heavy atom. The monoisotopic (exact) mass is 518 g/mol. The van der Waals surface area contributed by atoms with Crippen molar-refractivity contribution in [1.82, 2.24) is 14.5 Å². The van der Waals surface area contributed by atoms with Gasteiger partial charge < -0.3 is 15.5 Å².